The molecule has 4 nitrogen and oxygen atoms in total. The van der Waals surface area contributed by atoms with E-state index in [1.54, 1.807) is 0 Å². The lowest BCUT2D eigenvalue weighted by Crippen LogP contribution is -2.22. The minimum Gasteiger partial charge on any atom is -0.309 e. The van der Waals surface area contributed by atoms with Gasteiger partial charge in [0.25, 0.3) is 0 Å². The van der Waals surface area contributed by atoms with Gasteiger partial charge in [0.2, 0.25) is 0 Å². The predicted octanol–water partition coefficient (Wildman–Crippen LogP) is 13.4. The molecule has 1 aliphatic carbocycles. The SMILES string of the molecule is CC1(c2cc(-c3ccc(-n4c5ccccc5c5cc(-c6ccc7c8ccccc8n(-c8ccccc8)c7c6)ccc54)cc3)nc(-c3ccccc3)n2)C=CC=CC1. The van der Waals surface area contributed by atoms with Crippen molar-refractivity contribution < 1.29 is 0 Å². The lowest BCUT2D eigenvalue weighted by Gasteiger charge is -2.26. The summed E-state index contributed by atoms with van der Waals surface area (Å²) >= 11 is 0. The maximum atomic E-state index is 5.12. The molecule has 7 aromatic carbocycles. The third-order valence-corrected chi connectivity index (χ3v) is 11.7. The summed E-state index contributed by atoms with van der Waals surface area (Å²) in [5.41, 5.74) is 13.2. The van der Waals surface area contributed by atoms with Crippen LogP contribution in [0.1, 0.15) is 19.0 Å². The van der Waals surface area contributed by atoms with Gasteiger partial charge in [-0.1, -0.05) is 146 Å². The largest absolute Gasteiger partial charge is 0.309 e. The summed E-state index contributed by atoms with van der Waals surface area (Å²) in [6, 6.07) is 63.2. The lowest BCUT2D eigenvalue weighted by atomic mass is 9.80. The van der Waals surface area contributed by atoms with Crippen molar-refractivity contribution in [2.24, 2.45) is 0 Å². The number of hydrogen-bond acceptors (Lipinski definition) is 2. The molecule has 0 N–H and O–H groups in total. The molecule has 3 heterocycles. The van der Waals surface area contributed by atoms with Gasteiger partial charge in [0.05, 0.1) is 33.5 Å². The Labute approximate surface area is 331 Å². The maximum Gasteiger partial charge on any atom is 0.160 e. The maximum absolute atomic E-state index is 5.12. The van der Waals surface area contributed by atoms with Crippen molar-refractivity contribution in [1.82, 2.24) is 19.1 Å². The van der Waals surface area contributed by atoms with Crippen molar-refractivity contribution in [3.8, 4) is 45.1 Å². The molecule has 57 heavy (non-hydrogen) atoms. The van der Waals surface area contributed by atoms with Crippen LogP contribution in [0.5, 0.6) is 0 Å². The molecule has 1 aliphatic rings. The first-order chi connectivity index (χ1) is 28.1. The van der Waals surface area contributed by atoms with Gasteiger partial charge in [0, 0.05) is 49.5 Å². The van der Waals surface area contributed by atoms with Gasteiger partial charge in [0.1, 0.15) is 0 Å². The molecule has 0 amide bonds. The zero-order chi connectivity index (χ0) is 37.9. The van der Waals surface area contributed by atoms with E-state index >= 15 is 0 Å². The van der Waals surface area contributed by atoms with E-state index in [4.69, 9.17) is 9.97 Å². The second-order valence-corrected chi connectivity index (χ2v) is 15.3. The quantitative estimate of drug-likeness (QED) is 0.171. The molecule has 0 fully saturated rings. The van der Waals surface area contributed by atoms with Crippen LogP contribution in [0.3, 0.4) is 0 Å². The fourth-order valence-electron chi connectivity index (χ4n) is 8.74. The summed E-state index contributed by atoms with van der Waals surface area (Å²) in [5, 5.41) is 4.98. The van der Waals surface area contributed by atoms with Crippen LogP contribution in [0.25, 0.3) is 88.8 Å². The van der Waals surface area contributed by atoms with Gasteiger partial charge in [-0.05, 0) is 78.2 Å². The van der Waals surface area contributed by atoms with Gasteiger partial charge in [-0.15, -0.1) is 0 Å². The molecule has 1 unspecified atom stereocenters. The minimum absolute atomic E-state index is 0.205. The van der Waals surface area contributed by atoms with Crippen molar-refractivity contribution in [2.75, 3.05) is 0 Å². The number of nitrogens with zero attached hydrogens (tertiary/aromatic N) is 4. The number of rotatable bonds is 6. The fourth-order valence-corrected chi connectivity index (χ4v) is 8.74. The first kappa shape index (κ1) is 33.1. The van der Waals surface area contributed by atoms with Crippen LogP contribution in [-0.2, 0) is 5.41 Å². The molecule has 3 aromatic heterocycles. The Morgan fingerprint density at radius 3 is 1.75 bits per heavy atom. The molecule has 0 aliphatic heterocycles. The molecule has 0 radical (unpaired) electrons. The highest BCUT2D eigenvalue weighted by Crippen LogP contribution is 2.39. The molecular weight excluding hydrogens is 693 g/mol. The highest BCUT2D eigenvalue weighted by molar-refractivity contribution is 6.12. The molecule has 10 aromatic rings. The van der Waals surface area contributed by atoms with Crippen LogP contribution >= 0.6 is 0 Å². The van der Waals surface area contributed by atoms with Crippen molar-refractivity contribution in [3.63, 3.8) is 0 Å². The van der Waals surface area contributed by atoms with Crippen molar-refractivity contribution in [1.29, 1.82) is 0 Å². The molecular formula is C53H38N4. The third kappa shape index (κ3) is 5.52. The van der Waals surface area contributed by atoms with E-state index in [1.807, 2.05) is 18.2 Å². The highest BCUT2D eigenvalue weighted by atomic mass is 15.0. The fraction of sp³-hybridized carbons (Fsp3) is 0.0566. The average Bonchev–Trinajstić information content (AvgIpc) is 3.79. The van der Waals surface area contributed by atoms with Crippen LogP contribution in [0.2, 0.25) is 0 Å². The van der Waals surface area contributed by atoms with E-state index in [-0.39, 0.29) is 5.41 Å². The molecule has 270 valence electrons. The Bertz CT molecular complexity index is 3200. The number of para-hydroxylation sites is 3. The van der Waals surface area contributed by atoms with Crippen LogP contribution in [-0.4, -0.2) is 19.1 Å². The Morgan fingerprint density at radius 1 is 0.439 bits per heavy atom. The summed E-state index contributed by atoms with van der Waals surface area (Å²) in [6.45, 7) is 2.26. The summed E-state index contributed by atoms with van der Waals surface area (Å²) in [5.74, 6) is 0.746. The standard InChI is InChI=1S/C53H38N4/c1-53(31-13-4-14-32-53)51-35-46(54-52(55-51)37-15-5-2-6-16-37)36-23-27-41(28-24-36)56-48-22-12-10-20-43(48)45-33-38(26-30-49(45)56)39-25-29-44-42-19-9-11-21-47(42)57(50(44)34-39)40-17-7-3-8-18-40/h2-31,33-35H,32H2,1H3. The van der Waals surface area contributed by atoms with Gasteiger partial charge in [0.15, 0.2) is 5.82 Å². The van der Waals surface area contributed by atoms with Crippen LogP contribution in [0, 0.1) is 0 Å². The molecule has 0 saturated heterocycles. The molecule has 0 saturated carbocycles. The van der Waals surface area contributed by atoms with Gasteiger partial charge < -0.3 is 9.13 Å². The summed E-state index contributed by atoms with van der Waals surface area (Å²) < 4.78 is 4.77. The Morgan fingerprint density at radius 2 is 1.02 bits per heavy atom. The molecule has 0 spiro atoms. The van der Waals surface area contributed by atoms with E-state index in [1.165, 1.54) is 54.7 Å². The Hall–Kier alpha value is -7.30. The predicted molar refractivity (Wildman–Crippen MR) is 237 cm³/mol. The van der Waals surface area contributed by atoms with Crippen molar-refractivity contribution in [3.05, 3.63) is 206 Å². The minimum atomic E-state index is -0.205. The second kappa shape index (κ2) is 13.2. The number of benzene rings is 7. The zero-order valence-corrected chi connectivity index (χ0v) is 31.5. The topological polar surface area (TPSA) is 35.6 Å². The summed E-state index contributed by atoms with van der Waals surface area (Å²) in [4.78, 5) is 10.2. The first-order valence-electron chi connectivity index (χ1n) is 19.6. The molecule has 4 heteroatoms. The molecule has 11 rings (SSSR count). The van der Waals surface area contributed by atoms with E-state index in [0.29, 0.717) is 0 Å². The number of aromatic nitrogens is 4. The van der Waals surface area contributed by atoms with E-state index in [9.17, 15) is 0 Å². The smallest absolute Gasteiger partial charge is 0.160 e. The van der Waals surface area contributed by atoms with Crippen molar-refractivity contribution >= 4 is 43.6 Å². The molecule has 1 atom stereocenters. The van der Waals surface area contributed by atoms with E-state index in [2.05, 4.69) is 198 Å². The zero-order valence-electron chi connectivity index (χ0n) is 31.5. The van der Waals surface area contributed by atoms with Crippen LogP contribution in [0.4, 0.5) is 0 Å². The number of fused-ring (bicyclic) bond motifs is 6. The normalized spacial score (nSPS) is 15.3. The van der Waals surface area contributed by atoms with Gasteiger partial charge in [-0.3, -0.25) is 0 Å². The average molecular weight is 731 g/mol. The highest BCUT2D eigenvalue weighted by Gasteiger charge is 2.27. The third-order valence-electron chi connectivity index (χ3n) is 11.7. The summed E-state index contributed by atoms with van der Waals surface area (Å²) in [6.07, 6.45) is 9.61. The van der Waals surface area contributed by atoms with E-state index < -0.39 is 0 Å². The number of hydrogen-bond donors (Lipinski definition) is 0. The Kier molecular flexibility index (Phi) is 7.65. The lowest BCUT2D eigenvalue weighted by molar-refractivity contribution is 0.578. The summed E-state index contributed by atoms with van der Waals surface area (Å²) in [7, 11) is 0. The second-order valence-electron chi connectivity index (χ2n) is 15.3. The number of allylic oxidation sites excluding steroid dienone is 4. The van der Waals surface area contributed by atoms with Gasteiger partial charge >= 0.3 is 0 Å². The van der Waals surface area contributed by atoms with Crippen molar-refractivity contribution in [2.45, 2.75) is 18.8 Å². The monoisotopic (exact) mass is 730 g/mol. The Balaban J connectivity index is 1.01. The van der Waals surface area contributed by atoms with Gasteiger partial charge in [-0.2, -0.15) is 0 Å². The molecule has 0 bridgehead atoms. The first-order valence-corrected chi connectivity index (χ1v) is 19.6. The van der Waals surface area contributed by atoms with Crippen LogP contribution in [0.15, 0.2) is 200 Å². The van der Waals surface area contributed by atoms with Gasteiger partial charge in [-0.25, -0.2) is 9.97 Å². The van der Waals surface area contributed by atoms with Crippen LogP contribution < -0.4 is 0 Å². The van der Waals surface area contributed by atoms with E-state index in [0.717, 1.165) is 46.1 Å².